The third-order valence-electron chi connectivity index (χ3n) is 4.05. The van der Waals surface area contributed by atoms with Crippen LogP contribution in [-0.4, -0.2) is 18.9 Å². The lowest BCUT2D eigenvalue weighted by Crippen LogP contribution is -2.23. The highest BCUT2D eigenvalue weighted by Crippen LogP contribution is 2.12. The Hall–Kier alpha value is -2.62. The first-order chi connectivity index (χ1) is 11.5. The topological polar surface area (TPSA) is 58.2 Å². The molecule has 0 saturated carbocycles. The van der Waals surface area contributed by atoms with E-state index < -0.39 is 0 Å². The van der Waals surface area contributed by atoms with Gasteiger partial charge in [-0.25, -0.2) is 0 Å². The Bertz CT molecular complexity index is 721. The number of carbonyl (C=O) groups is 2. The summed E-state index contributed by atoms with van der Waals surface area (Å²) in [7, 11) is 1.60. The highest BCUT2D eigenvalue weighted by molar-refractivity contribution is 5.93. The zero-order valence-electron chi connectivity index (χ0n) is 14.5. The monoisotopic (exact) mass is 324 g/mol. The van der Waals surface area contributed by atoms with Gasteiger partial charge in [0.2, 0.25) is 5.91 Å². The molecule has 0 aliphatic rings. The third kappa shape index (κ3) is 4.95. The molecule has 24 heavy (non-hydrogen) atoms. The Morgan fingerprint density at radius 1 is 1.00 bits per heavy atom. The summed E-state index contributed by atoms with van der Waals surface area (Å²) < 4.78 is 0. The van der Waals surface area contributed by atoms with Crippen molar-refractivity contribution in [3.05, 3.63) is 70.3 Å². The highest BCUT2D eigenvalue weighted by Gasteiger charge is 2.06. The molecule has 0 radical (unpaired) electrons. The van der Waals surface area contributed by atoms with Gasteiger partial charge in [0.15, 0.2) is 0 Å². The zero-order valence-corrected chi connectivity index (χ0v) is 14.5. The predicted octanol–water partition coefficient (Wildman–Crippen LogP) is 2.91. The van der Waals surface area contributed by atoms with Crippen molar-refractivity contribution in [3.63, 3.8) is 0 Å². The maximum atomic E-state index is 12.0. The minimum absolute atomic E-state index is 0.0327. The van der Waals surface area contributed by atoms with Crippen molar-refractivity contribution in [2.24, 2.45) is 0 Å². The van der Waals surface area contributed by atoms with E-state index in [1.807, 2.05) is 12.1 Å². The lowest BCUT2D eigenvalue weighted by molar-refractivity contribution is -0.121. The van der Waals surface area contributed by atoms with Crippen molar-refractivity contribution in [2.75, 3.05) is 7.05 Å². The van der Waals surface area contributed by atoms with Crippen LogP contribution >= 0.6 is 0 Å². The number of aryl methyl sites for hydroxylation is 3. The maximum Gasteiger partial charge on any atom is 0.251 e. The van der Waals surface area contributed by atoms with E-state index in [2.05, 4.69) is 42.7 Å². The van der Waals surface area contributed by atoms with Gasteiger partial charge in [-0.15, -0.1) is 0 Å². The summed E-state index contributed by atoms with van der Waals surface area (Å²) in [4.78, 5) is 23.5. The quantitative estimate of drug-likeness (QED) is 0.858. The molecule has 0 aliphatic carbocycles. The standard InChI is InChI=1S/C20H24N2O2/c1-14-4-7-17(15(2)12-14)10-11-19(23)22-13-16-5-8-18(9-6-16)20(24)21-3/h4-9,12H,10-11,13H2,1-3H3,(H,21,24)(H,22,23). The number of carbonyl (C=O) groups excluding carboxylic acids is 2. The second kappa shape index (κ2) is 8.29. The number of nitrogens with one attached hydrogen (secondary N) is 2. The Labute approximate surface area is 143 Å². The Morgan fingerprint density at radius 3 is 2.33 bits per heavy atom. The van der Waals surface area contributed by atoms with Gasteiger partial charge >= 0.3 is 0 Å². The van der Waals surface area contributed by atoms with Gasteiger partial charge in [-0.1, -0.05) is 35.9 Å². The van der Waals surface area contributed by atoms with Crippen LogP contribution in [0.4, 0.5) is 0 Å². The molecule has 2 N–H and O–H groups in total. The van der Waals surface area contributed by atoms with Gasteiger partial charge < -0.3 is 10.6 Å². The van der Waals surface area contributed by atoms with Crippen LogP contribution in [0, 0.1) is 13.8 Å². The second-order valence-electron chi connectivity index (χ2n) is 5.98. The fraction of sp³-hybridized carbons (Fsp3) is 0.300. The van der Waals surface area contributed by atoms with Gasteiger partial charge in [0.05, 0.1) is 0 Å². The zero-order chi connectivity index (χ0) is 17.5. The van der Waals surface area contributed by atoms with E-state index in [0.29, 0.717) is 18.5 Å². The number of benzene rings is 2. The molecule has 0 saturated heterocycles. The first-order valence-electron chi connectivity index (χ1n) is 8.13. The molecule has 0 aromatic heterocycles. The number of rotatable bonds is 6. The van der Waals surface area contributed by atoms with Crippen molar-refractivity contribution >= 4 is 11.8 Å². The van der Waals surface area contributed by atoms with Crippen molar-refractivity contribution in [1.29, 1.82) is 0 Å². The van der Waals surface area contributed by atoms with Crippen molar-refractivity contribution in [2.45, 2.75) is 33.2 Å². The SMILES string of the molecule is CNC(=O)c1ccc(CNC(=O)CCc2ccc(C)cc2C)cc1. The highest BCUT2D eigenvalue weighted by atomic mass is 16.2. The minimum Gasteiger partial charge on any atom is -0.355 e. The van der Waals surface area contributed by atoms with E-state index in [4.69, 9.17) is 0 Å². The summed E-state index contributed by atoms with van der Waals surface area (Å²) in [5.74, 6) is -0.0793. The minimum atomic E-state index is -0.112. The van der Waals surface area contributed by atoms with Crippen LogP contribution in [0.15, 0.2) is 42.5 Å². The summed E-state index contributed by atoms with van der Waals surface area (Å²) in [6.07, 6.45) is 1.22. The molecule has 0 fully saturated rings. The van der Waals surface area contributed by atoms with Crippen LogP contribution in [0.2, 0.25) is 0 Å². The number of hydrogen-bond acceptors (Lipinski definition) is 2. The molecule has 2 aromatic rings. The summed E-state index contributed by atoms with van der Waals surface area (Å²) in [6.45, 7) is 4.62. The lowest BCUT2D eigenvalue weighted by atomic mass is 10.0. The molecule has 0 aliphatic heterocycles. The first-order valence-corrected chi connectivity index (χ1v) is 8.13. The molecule has 4 nitrogen and oxygen atoms in total. The molecular weight excluding hydrogens is 300 g/mol. The summed E-state index contributed by atoms with van der Waals surface area (Å²) >= 11 is 0. The molecule has 2 aromatic carbocycles. The smallest absolute Gasteiger partial charge is 0.251 e. The summed E-state index contributed by atoms with van der Waals surface area (Å²) in [5.41, 5.74) is 5.27. The average molecular weight is 324 g/mol. The summed E-state index contributed by atoms with van der Waals surface area (Å²) in [6, 6.07) is 13.5. The van der Waals surface area contributed by atoms with Crippen LogP contribution in [0.25, 0.3) is 0 Å². The van der Waals surface area contributed by atoms with E-state index in [9.17, 15) is 9.59 Å². The van der Waals surface area contributed by atoms with Crippen molar-refractivity contribution in [1.82, 2.24) is 10.6 Å². The van der Waals surface area contributed by atoms with E-state index in [0.717, 1.165) is 12.0 Å². The fourth-order valence-electron chi connectivity index (χ4n) is 2.58. The van der Waals surface area contributed by atoms with Crippen LogP contribution < -0.4 is 10.6 Å². The lowest BCUT2D eigenvalue weighted by Gasteiger charge is -2.08. The van der Waals surface area contributed by atoms with E-state index in [1.165, 1.54) is 16.7 Å². The molecular formula is C20H24N2O2. The van der Waals surface area contributed by atoms with Crippen molar-refractivity contribution in [3.8, 4) is 0 Å². The molecule has 2 rings (SSSR count). The van der Waals surface area contributed by atoms with E-state index in [1.54, 1.807) is 19.2 Å². The largest absolute Gasteiger partial charge is 0.355 e. The molecule has 0 atom stereocenters. The fourth-order valence-corrected chi connectivity index (χ4v) is 2.58. The normalized spacial score (nSPS) is 10.3. The van der Waals surface area contributed by atoms with Crippen molar-refractivity contribution < 1.29 is 9.59 Å². The third-order valence-corrected chi connectivity index (χ3v) is 4.05. The summed E-state index contributed by atoms with van der Waals surface area (Å²) in [5, 5.41) is 5.51. The van der Waals surface area contributed by atoms with Gasteiger partial charge in [0, 0.05) is 25.6 Å². The molecule has 126 valence electrons. The Morgan fingerprint density at radius 2 is 1.71 bits per heavy atom. The number of amides is 2. The molecule has 0 bridgehead atoms. The van der Waals surface area contributed by atoms with Crippen LogP contribution in [0.1, 0.15) is 39.0 Å². The Balaban J connectivity index is 1.81. The van der Waals surface area contributed by atoms with E-state index >= 15 is 0 Å². The second-order valence-corrected chi connectivity index (χ2v) is 5.98. The van der Waals surface area contributed by atoms with Gasteiger partial charge in [0.25, 0.3) is 5.91 Å². The molecule has 0 unspecified atom stereocenters. The van der Waals surface area contributed by atoms with E-state index in [-0.39, 0.29) is 11.8 Å². The molecule has 2 amide bonds. The van der Waals surface area contributed by atoms with Crippen LogP contribution in [0.3, 0.4) is 0 Å². The molecule has 0 heterocycles. The van der Waals surface area contributed by atoms with Gasteiger partial charge in [-0.2, -0.15) is 0 Å². The Kier molecular flexibility index (Phi) is 6.13. The van der Waals surface area contributed by atoms with Gasteiger partial charge in [-0.3, -0.25) is 9.59 Å². The number of hydrogen-bond donors (Lipinski definition) is 2. The van der Waals surface area contributed by atoms with Gasteiger partial charge in [-0.05, 0) is 49.1 Å². The van der Waals surface area contributed by atoms with Gasteiger partial charge in [0.1, 0.15) is 0 Å². The van der Waals surface area contributed by atoms with Crippen LogP contribution in [0.5, 0.6) is 0 Å². The average Bonchev–Trinajstić information content (AvgIpc) is 2.59. The maximum absolute atomic E-state index is 12.0. The molecule has 0 spiro atoms. The first kappa shape index (κ1) is 17.7. The molecule has 4 heteroatoms. The predicted molar refractivity (Wildman–Crippen MR) is 95.9 cm³/mol. The van der Waals surface area contributed by atoms with Crippen LogP contribution in [-0.2, 0) is 17.8 Å².